The number of piperidine rings is 2. The number of nitrogens with zero attached hydrogens (tertiary/aromatic N) is 2. The molecular formula is C25H33N3O4. The van der Waals surface area contributed by atoms with Crippen molar-refractivity contribution >= 4 is 11.8 Å². The molecule has 1 aromatic rings. The molecule has 1 aliphatic carbocycles. The van der Waals surface area contributed by atoms with Crippen LogP contribution >= 0.6 is 0 Å². The fraction of sp³-hybridized carbons (Fsp3) is 0.600. The summed E-state index contributed by atoms with van der Waals surface area (Å²) in [6.07, 6.45) is 6.31. The van der Waals surface area contributed by atoms with Gasteiger partial charge in [0.15, 0.2) is 0 Å². The van der Waals surface area contributed by atoms with Crippen molar-refractivity contribution in [2.45, 2.75) is 82.2 Å². The summed E-state index contributed by atoms with van der Waals surface area (Å²) in [6, 6.07) is 5.63. The lowest BCUT2D eigenvalue weighted by atomic mass is 9.92. The Hall–Kier alpha value is -2.38. The summed E-state index contributed by atoms with van der Waals surface area (Å²) in [6.45, 7) is 7.99. The second kappa shape index (κ2) is 8.19. The highest BCUT2D eigenvalue weighted by Crippen LogP contribution is 2.35. The molecule has 2 N–H and O–H groups in total. The number of rotatable bonds is 4. The molecule has 3 fully saturated rings. The summed E-state index contributed by atoms with van der Waals surface area (Å²) >= 11 is 0. The Morgan fingerprint density at radius 1 is 1.19 bits per heavy atom. The van der Waals surface area contributed by atoms with Crippen LogP contribution in [-0.4, -0.2) is 63.6 Å². The molecule has 2 amide bonds. The number of hydrogen-bond acceptors (Lipinski definition) is 5. The molecule has 0 bridgehead atoms. The van der Waals surface area contributed by atoms with Crippen LogP contribution in [0.1, 0.15) is 67.8 Å². The normalized spacial score (nSPS) is 30.4. The van der Waals surface area contributed by atoms with E-state index in [0.717, 1.165) is 62.2 Å². The molecule has 7 heteroatoms. The number of fused-ring (bicyclic) bond motifs is 1. The standard InChI is InChI=1S/C25H33N3O4/c1-16-6-9-21(23(29)26-16)28-15-17-14-18(7-8-19(17)24(28)30)32-22-5-3-4-20(22)27-12-10-25(2,31)11-13-27/h7-8,14,20-22,31H,1,3-6,9-13,15H2,2H3,(H,26,29). The third kappa shape index (κ3) is 4.04. The Morgan fingerprint density at radius 3 is 2.72 bits per heavy atom. The first-order valence-electron chi connectivity index (χ1n) is 11.9. The van der Waals surface area contributed by atoms with Crippen molar-refractivity contribution in [2.75, 3.05) is 13.1 Å². The number of hydrogen-bond donors (Lipinski definition) is 2. The van der Waals surface area contributed by atoms with Crippen LogP contribution in [0.4, 0.5) is 0 Å². The van der Waals surface area contributed by atoms with Crippen LogP contribution in [0, 0.1) is 0 Å². The van der Waals surface area contributed by atoms with Gasteiger partial charge in [-0.15, -0.1) is 0 Å². The molecule has 3 unspecified atom stereocenters. The molecule has 1 aromatic carbocycles. The monoisotopic (exact) mass is 439 g/mol. The quantitative estimate of drug-likeness (QED) is 0.754. The molecule has 3 heterocycles. The molecule has 0 spiro atoms. The number of allylic oxidation sites excluding steroid dienone is 1. The van der Waals surface area contributed by atoms with Crippen molar-refractivity contribution in [3.05, 3.63) is 41.6 Å². The molecule has 32 heavy (non-hydrogen) atoms. The van der Waals surface area contributed by atoms with Gasteiger partial charge in [0.05, 0.1) is 5.60 Å². The summed E-state index contributed by atoms with van der Waals surface area (Å²) in [4.78, 5) is 29.5. The number of benzene rings is 1. The maximum absolute atomic E-state index is 12.9. The Kier molecular flexibility index (Phi) is 5.50. The van der Waals surface area contributed by atoms with Crippen molar-refractivity contribution in [2.24, 2.45) is 0 Å². The highest BCUT2D eigenvalue weighted by molar-refractivity contribution is 6.01. The van der Waals surface area contributed by atoms with Crippen molar-refractivity contribution in [1.82, 2.24) is 15.1 Å². The van der Waals surface area contributed by atoms with E-state index in [1.807, 2.05) is 25.1 Å². The maximum atomic E-state index is 12.9. The van der Waals surface area contributed by atoms with Crippen molar-refractivity contribution in [1.29, 1.82) is 0 Å². The van der Waals surface area contributed by atoms with Gasteiger partial charge in [-0.1, -0.05) is 6.58 Å². The van der Waals surface area contributed by atoms with Gasteiger partial charge in [0.25, 0.3) is 5.91 Å². The topological polar surface area (TPSA) is 82.1 Å². The molecule has 3 atom stereocenters. The van der Waals surface area contributed by atoms with Gasteiger partial charge >= 0.3 is 0 Å². The minimum atomic E-state index is -0.549. The lowest BCUT2D eigenvalue weighted by Crippen LogP contribution is -2.50. The van der Waals surface area contributed by atoms with E-state index in [1.54, 1.807) is 4.90 Å². The summed E-state index contributed by atoms with van der Waals surface area (Å²) in [5.74, 6) is 0.562. The number of nitrogens with one attached hydrogen (secondary N) is 1. The molecule has 4 aliphatic rings. The molecular weight excluding hydrogens is 406 g/mol. The Bertz CT molecular complexity index is 933. The van der Waals surface area contributed by atoms with Crippen molar-refractivity contribution in [3.63, 3.8) is 0 Å². The van der Waals surface area contributed by atoms with E-state index >= 15 is 0 Å². The SMILES string of the molecule is C=C1CCC(N2Cc3cc(OC4CCCC4N4CCC(C)(O)CC4)ccc3C2=O)C(=O)N1. The first-order chi connectivity index (χ1) is 15.3. The van der Waals surface area contributed by atoms with Crippen LogP contribution in [0.25, 0.3) is 0 Å². The molecule has 1 saturated carbocycles. The zero-order valence-electron chi connectivity index (χ0n) is 18.8. The average molecular weight is 440 g/mol. The van der Waals surface area contributed by atoms with Gasteiger partial charge < -0.3 is 20.1 Å². The third-order valence-corrected chi connectivity index (χ3v) is 7.66. The first kappa shape index (κ1) is 21.5. The second-order valence-corrected chi connectivity index (χ2v) is 10.1. The Balaban J connectivity index is 1.26. The zero-order chi connectivity index (χ0) is 22.5. The molecule has 0 radical (unpaired) electrons. The highest BCUT2D eigenvalue weighted by Gasteiger charge is 2.40. The van der Waals surface area contributed by atoms with Gasteiger partial charge in [0.1, 0.15) is 17.9 Å². The van der Waals surface area contributed by atoms with E-state index in [1.165, 1.54) is 0 Å². The van der Waals surface area contributed by atoms with Gasteiger partial charge in [-0.25, -0.2) is 0 Å². The van der Waals surface area contributed by atoms with E-state index in [0.29, 0.717) is 31.0 Å². The maximum Gasteiger partial charge on any atom is 0.255 e. The van der Waals surface area contributed by atoms with E-state index in [9.17, 15) is 14.7 Å². The zero-order valence-corrected chi connectivity index (χ0v) is 18.8. The molecule has 0 aromatic heterocycles. The second-order valence-electron chi connectivity index (χ2n) is 10.1. The lowest BCUT2D eigenvalue weighted by Gasteiger charge is -2.40. The average Bonchev–Trinajstić information content (AvgIpc) is 3.33. The van der Waals surface area contributed by atoms with Crippen LogP contribution in [0.3, 0.4) is 0 Å². The van der Waals surface area contributed by atoms with E-state index < -0.39 is 11.6 Å². The van der Waals surface area contributed by atoms with Crippen molar-refractivity contribution in [3.8, 4) is 5.75 Å². The van der Waals surface area contributed by atoms with Crippen molar-refractivity contribution < 1.29 is 19.4 Å². The minimum absolute atomic E-state index is 0.0849. The van der Waals surface area contributed by atoms with E-state index in [4.69, 9.17) is 4.74 Å². The lowest BCUT2D eigenvalue weighted by molar-refractivity contribution is -0.126. The summed E-state index contributed by atoms with van der Waals surface area (Å²) < 4.78 is 6.44. The van der Waals surface area contributed by atoms with Crippen LogP contribution in [0.5, 0.6) is 5.75 Å². The number of carbonyl (C=O) groups is 2. The van der Waals surface area contributed by atoms with Gasteiger partial charge in [-0.3, -0.25) is 14.5 Å². The molecule has 5 rings (SSSR count). The first-order valence-corrected chi connectivity index (χ1v) is 11.9. The van der Waals surface area contributed by atoms with Crippen LogP contribution in [0.2, 0.25) is 0 Å². The van der Waals surface area contributed by atoms with Gasteiger partial charge in [0.2, 0.25) is 5.91 Å². The number of likely N-dealkylation sites (tertiary alicyclic amines) is 1. The van der Waals surface area contributed by atoms with E-state index in [-0.39, 0.29) is 17.9 Å². The van der Waals surface area contributed by atoms with Crippen LogP contribution in [0.15, 0.2) is 30.5 Å². The summed E-state index contributed by atoms with van der Waals surface area (Å²) in [7, 11) is 0. The molecule has 3 aliphatic heterocycles. The fourth-order valence-corrected chi connectivity index (χ4v) is 5.68. The number of amides is 2. The van der Waals surface area contributed by atoms with Crippen LogP contribution in [-0.2, 0) is 11.3 Å². The van der Waals surface area contributed by atoms with E-state index in [2.05, 4.69) is 16.8 Å². The van der Waals surface area contributed by atoms with Gasteiger partial charge in [-0.2, -0.15) is 0 Å². The summed E-state index contributed by atoms with van der Waals surface area (Å²) in [5, 5.41) is 13.1. The smallest absolute Gasteiger partial charge is 0.255 e. The number of ether oxygens (including phenoxy) is 1. The predicted octanol–water partition coefficient (Wildman–Crippen LogP) is 2.58. The fourth-order valence-electron chi connectivity index (χ4n) is 5.68. The molecule has 172 valence electrons. The van der Waals surface area contributed by atoms with Gasteiger partial charge in [-0.05, 0) is 75.6 Å². The minimum Gasteiger partial charge on any atom is -0.489 e. The molecule has 7 nitrogen and oxygen atoms in total. The third-order valence-electron chi connectivity index (χ3n) is 7.66. The predicted molar refractivity (Wildman–Crippen MR) is 120 cm³/mol. The Morgan fingerprint density at radius 2 is 1.97 bits per heavy atom. The summed E-state index contributed by atoms with van der Waals surface area (Å²) in [5.41, 5.74) is 1.75. The Labute approximate surface area is 189 Å². The number of aliphatic hydroxyl groups is 1. The highest BCUT2D eigenvalue weighted by atomic mass is 16.5. The van der Waals surface area contributed by atoms with Crippen LogP contribution < -0.4 is 10.1 Å². The van der Waals surface area contributed by atoms with Gasteiger partial charge in [0, 0.05) is 36.9 Å². The largest absolute Gasteiger partial charge is 0.489 e. The molecule has 2 saturated heterocycles. The number of carbonyl (C=O) groups excluding carboxylic acids is 2.